The van der Waals surface area contributed by atoms with Crippen LogP contribution >= 0.6 is 0 Å². The van der Waals surface area contributed by atoms with Gasteiger partial charge in [0.05, 0.1) is 0 Å². The number of ether oxygens (including phenoxy) is 2. The molecular formula is C7H6F8O3. The maximum Gasteiger partial charge on any atom is 0.517 e. The molecule has 0 N–H and O–H groups in total. The predicted octanol–water partition coefficient (Wildman–Crippen LogP) is 2.94. The summed E-state index contributed by atoms with van der Waals surface area (Å²) in [6.45, 7) is -4.54. The van der Waals surface area contributed by atoms with Crippen molar-refractivity contribution in [1.82, 2.24) is 0 Å². The van der Waals surface area contributed by atoms with E-state index in [1.165, 1.54) is 0 Å². The summed E-state index contributed by atoms with van der Waals surface area (Å²) in [5.41, 5.74) is 0. The highest BCUT2D eigenvalue weighted by molar-refractivity contribution is 5.60. The number of rotatable bonds is 6. The fourth-order valence-corrected chi connectivity index (χ4v) is 0.551. The third-order valence-corrected chi connectivity index (χ3v) is 1.44. The lowest BCUT2D eigenvalue weighted by atomic mass is 10.4. The van der Waals surface area contributed by atoms with E-state index in [1.54, 1.807) is 0 Å². The molecule has 0 saturated heterocycles. The molecule has 0 aromatic carbocycles. The van der Waals surface area contributed by atoms with Gasteiger partial charge in [-0.25, -0.2) is 22.4 Å². The Kier molecular flexibility index (Phi) is 5.61. The van der Waals surface area contributed by atoms with E-state index in [9.17, 15) is 39.9 Å². The van der Waals surface area contributed by atoms with Crippen LogP contribution in [-0.2, 0) is 9.47 Å². The van der Waals surface area contributed by atoms with E-state index in [1.807, 2.05) is 0 Å². The van der Waals surface area contributed by atoms with E-state index >= 15 is 0 Å². The van der Waals surface area contributed by atoms with Crippen LogP contribution in [0.3, 0.4) is 0 Å². The van der Waals surface area contributed by atoms with E-state index in [0.717, 1.165) is 0 Å². The van der Waals surface area contributed by atoms with E-state index in [0.29, 0.717) is 0 Å². The first kappa shape index (κ1) is 16.7. The Morgan fingerprint density at radius 2 is 1.17 bits per heavy atom. The Morgan fingerprint density at radius 1 is 0.889 bits per heavy atom. The third-order valence-electron chi connectivity index (χ3n) is 1.44. The van der Waals surface area contributed by atoms with Crippen molar-refractivity contribution in [3.8, 4) is 0 Å². The summed E-state index contributed by atoms with van der Waals surface area (Å²) < 4.78 is 102. The molecule has 108 valence electrons. The van der Waals surface area contributed by atoms with Gasteiger partial charge < -0.3 is 9.47 Å². The number of carbonyl (C=O) groups is 1. The largest absolute Gasteiger partial charge is 0.517 e. The molecule has 0 heterocycles. The zero-order chi connectivity index (χ0) is 14.6. The van der Waals surface area contributed by atoms with Crippen LogP contribution in [0.1, 0.15) is 0 Å². The summed E-state index contributed by atoms with van der Waals surface area (Å²) in [4.78, 5) is 10.3. The molecular weight excluding hydrogens is 284 g/mol. The van der Waals surface area contributed by atoms with E-state index in [4.69, 9.17) is 0 Å². The Balaban J connectivity index is 4.52. The summed E-state index contributed by atoms with van der Waals surface area (Å²) in [5.74, 6) is 0. The molecule has 2 unspecified atom stereocenters. The lowest BCUT2D eigenvalue weighted by Crippen LogP contribution is -2.42. The van der Waals surface area contributed by atoms with Crippen molar-refractivity contribution in [3.63, 3.8) is 0 Å². The fourth-order valence-electron chi connectivity index (χ4n) is 0.551. The summed E-state index contributed by atoms with van der Waals surface area (Å²) in [5, 5.41) is 0. The fraction of sp³-hybridized carbons (Fsp3) is 0.857. The monoisotopic (exact) mass is 290 g/mol. The SMILES string of the molecule is O=C(OC(F)(F)C(F)CF)OC(F)(F)C(F)CF. The van der Waals surface area contributed by atoms with Crippen LogP contribution in [0.5, 0.6) is 0 Å². The molecule has 11 heteroatoms. The highest BCUT2D eigenvalue weighted by atomic mass is 19.3. The maximum absolute atomic E-state index is 12.4. The molecule has 0 saturated carbocycles. The topological polar surface area (TPSA) is 35.5 Å². The molecule has 0 aliphatic carbocycles. The molecule has 3 nitrogen and oxygen atoms in total. The normalized spacial score (nSPS) is 16.0. The summed E-state index contributed by atoms with van der Waals surface area (Å²) in [7, 11) is 0. The van der Waals surface area contributed by atoms with Crippen molar-refractivity contribution in [2.45, 2.75) is 24.6 Å². The predicted molar refractivity (Wildman–Crippen MR) is 39.2 cm³/mol. The van der Waals surface area contributed by atoms with Crippen LogP contribution in [0.4, 0.5) is 39.9 Å². The zero-order valence-corrected chi connectivity index (χ0v) is 8.32. The highest BCUT2D eigenvalue weighted by Gasteiger charge is 2.50. The van der Waals surface area contributed by atoms with Crippen molar-refractivity contribution in [2.24, 2.45) is 0 Å². The first-order chi connectivity index (χ1) is 8.06. The van der Waals surface area contributed by atoms with Gasteiger partial charge in [0.1, 0.15) is 13.3 Å². The smallest absolute Gasteiger partial charge is 0.366 e. The van der Waals surface area contributed by atoms with Gasteiger partial charge in [-0.1, -0.05) is 0 Å². The number of hydrogen-bond acceptors (Lipinski definition) is 3. The summed E-state index contributed by atoms with van der Waals surface area (Å²) in [6.07, 6.45) is -20.3. The molecule has 0 aliphatic heterocycles. The molecule has 0 radical (unpaired) electrons. The highest BCUT2D eigenvalue weighted by Crippen LogP contribution is 2.28. The van der Waals surface area contributed by atoms with Crippen LogP contribution in [0.2, 0.25) is 0 Å². The Bertz CT molecular complexity index is 258. The third kappa shape index (κ3) is 4.53. The molecule has 0 fully saturated rings. The molecule has 0 rings (SSSR count). The van der Waals surface area contributed by atoms with Crippen LogP contribution in [-0.4, -0.2) is 44.1 Å². The molecule has 0 aliphatic rings. The van der Waals surface area contributed by atoms with Crippen molar-refractivity contribution >= 4 is 6.16 Å². The Morgan fingerprint density at radius 3 is 1.39 bits per heavy atom. The van der Waals surface area contributed by atoms with Gasteiger partial charge in [-0.05, 0) is 0 Å². The van der Waals surface area contributed by atoms with Gasteiger partial charge in [0.25, 0.3) is 0 Å². The lowest BCUT2D eigenvalue weighted by molar-refractivity contribution is -0.290. The molecule has 0 amide bonds. The van der Waals surface area contributed by atoms with Gasteiger partial charge >= 0.3 is 18.4 Å². The van der Waals surface area contributed by atoms with E-state index in [2.05, 4.69) is 9.47 Å². The second-order valence-corrected chi connectivity index (χ2v) is 2.82. The van der Waals surface area contributed by atoms with Gasteiger partial charge in [0.2, 0.25) is 12.3 Å². The molecule has 0 aromatic rings. The standard InChI is InChI=1S/C7H6F8O3/c8-1-3(10)6(12,13)17-5(16)18-7(14,15)4(11)2-9/h3-4H,1-2H2. The van der Waals surface area contributed by atoms with Crippen LogP contribution in [0.15, 0.2) is 0 Å². The van der Waals surface area contributed by atoms with Crippen molar-refractivity contribution in [2.75, 3.05) is 13.3 Å². The van der Waals surface area contributed by atoms with Gasteiger partial charge in [-0.3, -0.25) is 0 Å². The van der Waals surface area contributed by atoms with Crippen LogP contribution in [0, 0.1) is 0 Å². The number of alkyl halides is 8. The number of hydrogen-bond donors (Lipinski definition) is 0. The van der Waals surface area contributed by atoms with Crippen molar-refractivity contribution in [3.05, 3.63) is 0 Å². The molecule has 0 aromatic heterocycles. The molecule has 0 bridgehead atoms. The van der Waals surface area contributed by atoms with Crippen LogP contribution in [0.25, 0.3) is 0 Å². The minimum Gasteiger partial charge on any atom is -0.366 e. The second-order valence-electron chi connectivity index (χ2n) is 2.82. The van der Waals surface area contributed by atoms with E-state index < -0.39 is 44.1 Å². The Hall–Kier alpha value is -1.29. The molecule has 2 atom stereocenters. The zero-order valence-electron chi connectivity index (χ0n) is 8.32. The molecule has 0 spiro atoms. The maximum atomic E-state index is 12.4. The average molecular weight is 290 g/mol. The van der Waals surface area contributed by atoms with Crippen molar-refractivity contribution in [1.29, 1.82) is 0 Å². The molecule has 18 heavy (non-hydrogen) atoms. The quantitative estimate of drug-likeness (QED) is 0.557. The average Bonchev–Trinajstić information content (AvgIpc) is 2.24. The van der Waals surface area contributed by atoms with Gasteiger partial charge in [0, 0.05) is 0 Å². The van der Waals surface area contributed by atoms with E-state index in [-0.39, 0.29) is 0 Å². The van der Waals surface area contributed by atoms with Gasteiger partial charge in [-0.15, -0.1) is 0 Å². The lowest BCUT2D eigenvalue weighted by Gasteiger charge is -2.21. The Labute approximate surface area is 94.6 Å². The minimum atomic E-state index is -5.08. The first-order valence-electron chi connectivity index (χ1n) is 4.14. The van der Waals surface area contributed by atoms with Crippen molar-refractivity contribution < 1.29 is 49.4 Å². The minimum absolute atomic E-state index is 2.27. The van der Waals surface area contributed by atoms with Gasteiger partial charge in [0.15, 0.2) is 0 Å². The second kappa shape index (κ2) is 6.05. The number of halogens is 8. The van der Waals surface area contributed by atoms with Gasteiger partial charge in [-0.2, -0.15) is 17.6 Å². The number of carbonyl (C=O) groups excluding carboxylic acids is 1. The first-order valence-corrected chi connectivity index (χ1v) is 4.14. The summed E-state index contributed by atoms with van der Waals surface area (Å²) in [6, 6.07) is 0. The summed E-state index contributed by atoms with van der Waals surface area (Å²) >= 11 is 0. The van der Waals surface area contributed by atoms with Crippen LogP contribution < -0.4 is 0 Å².